The van der Waals surface area contributed by atoms with E-state index in [0.29, 0.717) is 0 Å². The first-order chi connectivity index (χ1) is 21.1. The third kappa shape index (κ3) is 3.48. The Morgan fingerprint density at radius 3 is 2.23 bits per heavy atom. The van der Waals surface area contributed by atoms with Crippen LogP contribution >= 0.6 is 0 Å². The molecule has 3 heteroatoms. The molecule has 1 aromatic heterocycles. The smallest absolute Gasteiger partial charge is 0.136 e. The highest BCUT2D eigenvalue weighted by Crippen LogP contribution is 2.51. The van der Waals surface area contributed by atoms with E-state index in [-0.39, 0.29) is 11.6 Å². The van der Waals surface area contributed by atoms with E-state index < -0.39 is 0 Å². The van der Waals surface area contributed by atoms with Crippen LogP contribution in [0.5, 0.6) is 0 Å². The summed E-state index contributed by atoms with van der Waals surface area (Å²) in [5.74, 6) is 0. The molecule has 0 fully saturated rings. The predicted octanol–water partition coefficient (Wildman–Crippen LogP) is 10.8. The highest BCUT2D eigenvalue weighted by atomic mass is 16.3. The first-order valence-electron chi connectivity index (χ1n) is 15.0. The van der Waals surface area contributed by atoms with Crippen molar-refractivity contribution >= 4 is 39.0 Å². The lowest BCUT2D eigenvalue weighted by atomic mass is 9.82. The van der Waals surface area contributed by atoms with E-state index in [9.17, 15) is 0 Å². The Morgan fingerprint density at radius 1 is 0.628 bits per heavy atom. The van der Waals surface area contributed by atoms with Crippen LogP contribution in [0.4, 0.5) is 17.1 Å². The molecule has 3 nitrogen and oxygen atoms in total. The summed E-state index contributed by atoms with van der Waals surface area (Å²) in [6.45, 7) is 4.63. The van der Waals surface area contributed by atoms with Crippen LogP contribution in [0.15, 0.2) is 138 Å². The lowest BCUT2D eigenvalue weighted by Crippen LogP contribution is -2.23. The van der Waals surface area contributed by atoms with E-state index in [2.05, 4.69) is 158 Å². The zero-order chi connectivity index (χ0) is 28.7. The van der Waals surface area contributed by atoms with Crippen LogP contribution in [0, 0.1) is 0 Å². The normalized spacial score (nSPS) is 16.2. The van der Waals surface area contributed by atoms with Crippen molar-refractivity contribution in [3.05, 3.63) is 150 Å². The Balaban J connectivity index is 1.15. The van der Waals surface area contributed by atoms with Crippen LogP contribution in [0.3, 0.4) is 0 Å². The summed E-state index contributed by atoms with van der Waals surface area (Å²) in [7, 11) is 0. The largest absolute Gasteiger partial charge is 0.456 e. The minimum atomic E-state index is -0.0562. The molecule has 1 atom stereocenters. The molecule has 0 saturated carbocycles. The molecule has 1 aliphatic carbocycles. The Hall–Kier alpha value is -5.28. The van der Waals surface area contributed by atoms with Crippen molar-refractivity contribution in [1.82, 2.24) is 0 Å². The number of fused-ring (bicyclic) bond motifs is 7. The van der Waals surface area contributed by atoms with Crippen molar-refractivity contribution < 1.29 is 4.42 Å². The summed E-state index contributed by atoms with van der Waals surface area (Å²) in [4.78, 5) is 2.38. The molecule has 2 aliphatic rings. The van der Waals surface area contributed by atoms with Gasteiger partial charge in [-0.1, -0.05) is 105 Å². The molecular formula is C40H30N2O. The van der Waals surface area contributed by atoms with Gasteiger partial charge in [0.15, 0.2) is 0 Å². The highest BCUT2D eigenvalue weighted by molar-refractivity contribution is 6.14. The van der Waals surface area contributed by atoms with Gasteiger partial charge in [0.2, 0.25) is 0 Å². The van der Waals surface area contributed by atoms with Crippen molar-refractivity contribution in [3.63, 3.8) is 0 Å². The monoisotopic (exact) mass is 554 g/mol. The van der Waals surface area contributed by atoms with Crippen LogP contribution in [0.1, 0.15) is 36.7 Å². The molecule has 0 spiro atoms. The standard InChI is InChI=1S/C40H30N2O/c1-40(2)32-15-7-6-13-29(32)30-23-31-37(24-33(30)40)43-36-18-10-14-28(38(31)36)25-19-21-26(22-20-25)39-41-34-16-8-9-17-35(34)42(39)27-11-4-3-5-12-27/h3-24,39,41H,1-2H3. The quantitative estimate of drug-likeness (QED) is 0.235. The van der Waals surface area contributed by atoms with Gasteiger partial charge in [0.25, 0.3) is 0 Å². The second kappa shape index (κ2) is 8.86. The fourth-order valence-electron chi connectivity index (χ4n) is 7.37. The molecule has 1 unspecified atom stereocenters. The Bertz CT molecular complexity index is 2190. The summed E-state index contributed by atoms with van der Waals surface area (Å²) in [5, 5.41) is 6.10. The van der Waals surface area contributed by atoms with Crippen LogP contribution in [-0.4, -0.2) is 0 Å². The third-order valence-electron chi connectivity index (χ3n) is 9.48. The lowest BCUT2D eigenvalue weighted by molar-refractivity contribution is 0.647. The van der Waals surface area contributed by atoms with Gasteiger partial charge in [-0.3, -0.25) is 0 Å². The van der Waals surface area contributed by atoms with Gasteiger partial charge in [0.1, 0.15) is 17.3 Å². The fourth-order valence-corrected chi connectivity index (χ4v) is 7.37. The first kappa shape index (κ1) is 24.3. The number of hydrogen-bond donors (Lipinski definition) is 1. The molecule has 7 aromatic rings. The third-order valence-corrected chi connectivity index (χ3v) is 9.48. The molecule has 0 amide bonds. The summed E-state index contributed by atoms with van der Waals surface area (Å²) in [6, 6.07) is 48.0. The van der Waals surface area contributed by atoms with Gasteiger partial charge in [0.05, 0.1) is 11.4 Å². The average molecular weight is 555 g/mol. The molecule has 1 aliphatic heterocycles. The van der Waals surface area contributed by atoms with Crippen molar-refractivity contribution in [2.75, 3.05) is 10.2 Å². The van der Waals surface area contributed by atoms with E-state index in [1.165, 1.54) is 61.1 Å². The molecular weight excluding hydrogens is 524 g/mol. The Kier molecular flexibility index (Phi) is 5.01. The van der Waals surface area contributed by atoms with E-state index >= 15 is 0 Å². The SMILES string of the molecule is CC1(C)c2ccccc2-c2cc3c(cc21)oc1cccc(-c2ccc(C4Nc5ccccc5N4c4ccccc4)cc2)c13. The highest BCUT2D eigenvalue weighted by Gasteiger charge is 2.36. The topological polar surface area (TPSA) is 28.4 Å². The lowest BCUT2D eigenvalue weighted by Gasteiger charge is -2.27. The maximum absolute atomic E-state index is 6.52. The Labute approximate surface area is 251 Å². The van der Waals surface area contributed by atoms with Gasteiger partial charge < -0.3 is 14.6 Å². The van der Waals surface area contributed by atoms with Crippen molar-refractivity contribution in [3.8, 4) is 22.3 Å². The second-order valence-corrected chi connectivity index (χ2v) is 12.2. The Morgan fingerprint density at radius 2 is 1.37 bits per heavy atom. The van der Waals surface area contributed by atoms with Gasteiger partial charge in [-0.25, -0.2) is 0 Å². The van der Waals surface area contributed by atoms with Crippen LogP contribution in [-0.2, 0) is 5.41 Å². The molecule has 206 valence electrons. The maximum atomic E-state index is 6.52. The van der Waals surface area contributed by atoms with E-state index in [4.69, 9.17) is 4.42 Å². The van der Waals surface area contributed by atoms with Crippen LogP contribution < -0.4 is 10.2 Å². The number of rotatable bonds is 3. The number of para-hydroxylation sites is 3. The molecule has 0 radical (unpaired) electrons. The maximum Gasteiger partial charge on any atom is 0.136 e. The van der Waals surface area contributed by atoms with E-state index in [1.807, 2.05) is 0 Å². The summed E-state index contributed by atoms with van der Waals surface area (Å²) >= 11 is 0. The first-order valence-corrected chi connectivity index (χ1v) is 15.0. The fraction of sp³-hybridized carbons (Fsp3) is 0.100. The molecule has 6 aromatic carbocycles. The summed E-state index contributed by atoms with van der Waals surface area (Å²) in [5.41, 5.74) is 14.3. The van der Waals surface area contributed by atoms with Gasteiger partial charge in [-0.15, -0.1) is 0 Å². The summed E-state index contributed by atoms with van der Waals surface area (Å²) in [6.07, 6.45) is 0.00501. The number of anilines is 3. The number of nitrogens with one attached hydrogen (secondary N) is 1. The second-order valence-electron chi connectivity index (χ2n) is 12.2. The molecule has 2 heterocycles. The van der Waals surface area contributed by atoms with E-state index in [1.54, 1.807) is 0 Å². The summed E-state index contributed by atoms with van der Waals surface area (Å²) < 4.78 is 6.52. The van der Waals surface area contributed by atoms with Gasteiger partial charge in [-0.05, 0) is 81.4 Å². The minimum absolute atomic E-state index is 0.00501. The molecule has 0 bridgehead atoms. The predicted molar refractivity (Wildman–Crippen MR) is 178 cm³/mol. The van der Waals surface area contributed by atoms with Crippen molar-refractivity contribution in [2.24, 2.45) is 0 Å². The van der Waals surface area contributed by atoms with Crippen molar-refractivity contribution in [1.29, 1.82) is 0 Å². The van der Waals surface area contributed by atoms with E-state index in [0.717, 1.165) is 16.9 Å². The number of furan rings is 1. The zero-order valence-corrected chi connectivity index (χ0v) is 24.1. The zero-order valence-electron chi connectivity index (χ0n) is 24.1. The van der Waals surface area contributed by atoms with Gasteiger partial charge >= 0.3 is 0 Å². The van der Waals surface area contributed by atoms with Crippen LogP contribution in [0.25, 0.3) is 44.2 Å². The van der Waals surface area contributed by atoms with Crippen LogP contribution in [0.2, 0.25) is 0 Å². The average Bonchev–Trinajstić information content (AvgIpc) is 3.69. The van der Waals surface area contributed by atoms with Gasteiger partial charge in [0, 0.05) is 21.9 Å². The number of benzene rings is 6. The minimum Gasteiger partial charge on any atom is -0.456 e. The number of hydrogen-bond acceptors (Lipinski definition) is 3. The molecule has 0 saturated heterocycles. The van der Waals surface area contributed by atoms with Gasteiger partial charge in [-0.2, -0.15) is 0 Å². The molecule has 1 N–H and O–H groups in total. The molecule has 43 heavy (non-hydrogen) atoms. The van der Waals surface area contributed by atoms with Crippen molar-refractivity contribution in [2.45, 2.75) is 25.4 Å². The molecule has 9 rings (SSSR count). The number of nitrogens with zero attached hydrogens (tertiary/aromatic N) is 1.